The van der Waals surface area contributed by atoms with Gasteiger partial charge >= 0.3 is 12.1 Å². The summed E-state index contributed by atoms with van der Waals surface area (Å²) >= 11 is 0. The highest BCUT2D eigenvalue weighted by Crippen LogP contribution is 2.38. The van der Waals surface area contributed by atoms with Gasteiger partial charge in [0.15, 0.2) is 0 Å². The Kier molecular flexibility index (Phi) is 4.89. The first kappa shape index (κ1) is 16.8. The van der Waals surface area contributed by atoms with Gasteiger partial charge in [0.2, 0.25) is 0 Å². The Morgan fingerprint density at radius 2 is 1.70 bits per heavy atom. The molecule has 0 radical (unpaired) electrons. The number of carbonyl (C=O) groups excluding carboxylic acids is 1. The van der Waals surface area contributed by atoms with Crippen LogP contribution >= 0.6 is 0 Å². The molecule has 0 unspecified atom stereocenters. The summed E-state index contributed by atoms with van der Waals surface area (Å²) in [6.07, 6.45) is -1.78. The zero-order chi connectivity index (χ0) is 17.0. The Bertz CT molecular complexity index is 746. The Morgan fingerprint density at radius 1 is 1.04 bits per heavy atom. The summed E-state index contributed by atoms with van der Waals surface area (Å²) in [5.74, 6) is -0.566. The fourth-order valence-corrected chi connectivity index (χ4v) is 2.32. The van der Waals surface area contributed by atoms with Gasteiger partial charge in [-0.25, -0.2) is 4.79 Å². The van der Waals surface area contributed by atoms with E-state index in [1.807, 2.05) is 0 Å². The zero-order valence-corrected chi connectivity index (χ0v) is 12.6. The van der Waals surface area contributed by atoms with Crippen LogP contribution in [0.25, 0.3) is 17.2 Å². The molecule has 0 fully saturated rings. The van der Waals surface area contributed by atoms with Crippen LogP contribution in [0.5, 0.6) is 0 Å². The monoisotopic (exact) mass is 320 g/mol. The van der Waals surface area contributed by atoms with Gasteiger partial charge in [0.25, 0.3) is 0 Å². The van der Waals surface area contributed by atoms with Crippen LogP contribution in [0.4, 0.5) is 13.2 Å². The zero-order valence-electron chi connectivity index (χ0n) is 12.6. The predicted octanol–water partition coefficient (Wildman–Crippen LogP) is 4.87. The third kappa shape index (κ3) is 3.80. The molecule has 23 heavy (non-hydrogen) atoms. The lowest BCUT2D eigenvalue weighted by Gasteiger charge is -2.16. The largest absolute Gasteiger partial charge is 0.466 e. The first-order valence-electron chi connectivity index (χ1n) is 6.87. The highest BCUT2D eigenvalue weighted by Gasteiger charge is 2.33. The molecule has 2 aromatic carbocycles. The van der Waals surface area contributed by atoms with Crippen LogP contribution < -0.4 is 0 Å². The molecule has 2 nitrogen and oxygen atoms in total. The summed E-state index contributed by atoms with van der Waals surface area (Å²) in [6, 6.07) is 10.4. The fourth-order valence-electron chi connectivity index (χ4n) is 2.32. The Labute approximate surface area is 132 Å². The van der Waals surface area contributed by atoms with Crippen LogP contribution in [0.3, 0.4) is 0 Å². The summed E-state index contributed by atoms with van der Waals surface area (Å²) < 4.78 is 44.3. The van der Waals surface area contributed by atoms with Crippen molar-refractivity contribution in [2.45, 2.75) is 13.1 Å². The molecule has 0 N–H and O–H groups in total. The van der Waals surface area contributed by atoms with Crippen molar-refractivity contribution in [3.8, 4) is 11.1 Å². The van der Waals surface area contributed by atoms with Crippen molar-refractivity contribution in [2.24, 2.45) is 0 Å². The average molecular weight is 320 g/mol. The van der Waals surface area contributed by atoms with Crippen molar-refractivity contribution in [2.75, 3.05) is 7.11 Å². The van der Waals surface area contributed by atoms with E-state index in [2.05, 4.69) is 4.74 Å². The van der Waals surface area contributed by atoms with Crippen LogP contribution in [-0.2, 0) is 15.7 Å². The van der Waals surface area contributed by atoms with Gasteiger partial charge in [-0.1, -0.05) is 36.4 Å². The fraction of sp³-hybridized carbons (Fsp3) is 0.167. The van der Waals surface area contributed by atoms with Crippen molar-refractivity contribution in [1.29, 1.82) is 0 Å². The first-order valence-corrected chi connectivity index (χ1v) is 6.87. The molecule has 0 spiro atoms. The van der Waals surface area contributed by atoms with E-state index in [0.29, 0.717) is 11.1 Å². The molecule has 0 aliphatic rings. The molecule has 0 bridgehead atoms. The number of benzene rings is 2. The minimum absolute atomic E-state index is 0.0771. The smallest absolute Gasteiger partial charge is 0.417 e. The minimum Gasteiger partial charge on any atom is -0.466 e. The van der Waals surface area contributed by atoms with Gasteiger partial charge in [0.1, 0.15) is 0 Å². The van der Waals surface area contributed by atoms with E-state index in [-0.39, 0.29) is 5.56 Å². The lowest BCUT2D eigenvalue weighted by atomic mass is 9.92. The maximum atomic E-state index is 13.2. The number of methoxy groups -OCH3 is 1. The molecule has 0 aliphatic heterocycles. The van der Waals surface area contributed by atoms with Crippen molar-refractivity contribution >= 4 is 12.0 Å². The van der Waals surface area contributed by atoms with Crippen molar-refractivity contribution in [3.63, 3.8) is 0 Å². The topological polar surface area (TPSA) is 26.3 Å². The molecule has 0 saturated heterocycles. The summed E-state index contributed by atoms with van der Waals surface area (Å²) in [5.41, 5.74) is 1.10. The SMILES string of the molecule is COC(=O)/C=C/c1c(C)cccc1-c1ccccc1C(F)(F)F. The van der Waals surface area contributed by atoms with Gasteiger partial charge in [0.05, 0.1) is 12.7 Å². The van der Waals surface area contributed by atoms with E-state index in [1.54, 1.807) is 31.2 Å². The molecule has 2 rings (SSSR count). The van der Waals surface area contributed by atoms with Gasteiger partial charge in [-0.3, -0.25) is 0 Å². The lowest BCUT2D eigenvalue weighted by molar-refractivity contribution is -0.137. The predicted molar refractivity (Wildman–Crippen MR) is 82.7 cm³/mol. The molecular formula is C18H15F3O2. The summed E-state index contributed by atoms with van der Waals surface area (Å²) in [4.78, 5) is 11.3. The number of rotatable bonds is 3. The molecule has 0 atom stereocenters. The van der Waals surface area contributed by atoms with Crippen LogP contribution in [0, 0.1) is 6.92 Å². The van der Waals surface area contributed by atoms with Crippen LogP contribution in [0.15, 0.2) is 48.5 Å². The summed E-state index contributed by atoms with van der Waals surface area (Å²) in [5, 5.41) is 0. The highest BCUT2D eigenvalue weighted by atomic mass is 19.4. The molecule has 2 aromatic rings. The molecular weight excluding hydrogens is 305 g/mol. The number of alkyl halides is 3. The number of ether oxygens (including phenoxy) is 1. The number of hydrogen-bond acceptors (Lipinski definition) is 2. The van der Waals surface area contributed by atoms with E-state index >= 15 is 0 Å². The molecule has 0 aliphatic carbocycles. The number of halogens is 3. The van der Waals surface area contributed by atoms with Crippen molar-refractivity contribution < 1.29 is 22.7 Å². The van der Waals surface area contributed by atoms with Gasteiger partial charge in [-0.2, -0.15) is 13.2 Å². The van der Waals surface area contributed by atoms with Crippen molar-refractivity contribution in [1.82, 2.24) is 0 Å². The molecule has 0 amide bonds. The molecule has 5 heteroatoms. The Balaban J connectivity index is 2.64. The first-order chi connectivity index (χ1) is 10.8. The Hall–Kier alpha value is -2.56. The van der Waals surface area contributed by atoms with E-state index in [9.17, 15) is 18.0 Å². The highest BCUT2D eigenvalue weighted by molar-refractivity contribution is 5.90. The van der Waals surface area contributed by atoms with E-state index in [1.165, 1.54) is 31.4 Å². The molecule has 0 heterocycles. The maximum Gasteiger partial charge on any atom is 0.417 e. The number of aryl methyl sites for hydroxylation is 1. The number of hydrogen-bond donors (Lipinski definition) is 0. The molecule has 0 saturated carbocycles. The van der Waals surface area contributed by atoms with Gasteiger partial charge < -0.3 is 4.74 Å². The van der Waals surface area contributed by atoms with Crippen molar-refractivity contribution in [3.05, 3.63) is 65.2 Å². The summed E-state index contributed by atoms with van der Waals surface area (Å²) in [6.45, 7) is 1.77. The van der Waals surface area contributed by atoms with E-state index in [0.717, 1.165) is 11.6 Å². The lowest BCUT2D eigenvalue weighted by Crippen LogP contribution is -2.07. The molecule has 0 aromatic heterocycles. The van der Waals surface area contributed by atoms with Crippen LogP contribution in [0.1, 0.15) is 16.7 Å². The number of esters is 1. The minimum atomic E-state index is -4.45. The average Bonchev–Trinajstić information content (AvgIpc) is 2.52. The standard InChI is InChI=1S/C18H15F3O2/c1-12-6-5-8-14(13(12)10-11-17(22)23-2)15-7-3-4-9-16(15)18(19,20)21/h3-11H,1-2H3/b11-10+. The van der Waals surface area contributed by atoms with Crippen LogP contribution in [-0.4, -0.2) is 13.1 Å². The summed E-state index contributed by atoms with van der Waals surface area (Å²) in [7, 11) is 1.24. The quantitative estimate of drug-likeness (QED) is 0.596. The second kappa shape index (κ2) is 6.69. The van der Waals surface area contributed by atoms with E-state index < -0.39 is 17.7 Å². The normalized spacial score (nSPS) is 11.7. The maximum absolute atomic E-state index is 13.2. The number of carbonyl (C=O) groups is 1. The van der Waals surface area contributed by atoms with Gasteiger partial charge in [-0.15, -0.1) is 0 Å². The molecule has 120 valence electrons. The van der Waals surface area contributed by atoms with Crippen LogP contribution in [0.2, 0.25) is 0 Å². The third-order valence-electron chi connectivity index (χ3n) is 3.43. The third-order valence-corrected chi connectivity index (χ3v) is 3.43. The van der Waals surface area contributed by atoms with Gasteiger partial charge in [0, 0.05) is 6.08 Å². The second-order valence-corrected chi connectivity index (χ2v) is 4.94. The second-order valence-electron chi connectivity index (χ2n) is 4.94. The van der Waals surface area contributed by atoms with Gasteiger partial charge in [-0.05, 0) is 41.3 Å². The van der Waals surface area contributed by atoms with E-state index in [4.69, 9.17) is 0 Å². The Morgan fingerprint density at radius 3 is 2.35 bits per heavy atom.